The third kappa shape index (κ3) is 7.56. The fourth-order valence-electron chi connectivity index (χ4n) is 3.19. The van der Waals surface area contributed by atoms with E-state index in [4.69, 9.17) is 23.7 Å². The highest BCUT2D eigenvalue weighted by Crippen LogP contribution is 2.20. The van der Waals surface area contributed by atoms with Crippen LogP contribution in [-0.4, -0.2) is 55.9 Å². The number of carbonyl (C=O) groups excluding carboxylic acids is 4. The molecule has 0 N–H and O–H groups in total. The van der Waals surface area contributed by atoms with Crippen molar-refractivity contribution in [3.8, 4) is 5.75 Å². The summed E-state index contributed by atoms with van der Waals surface area (Å²) in [6, 6.07) is 15.2. The van der Waals surface area contributed by atoms with Crippen molar-refractivity contribution < 1.29 is 42.9 Å². The van der Waals surface area contributed by atoms with E-state index in [1.165, 1.54) is 12.2 Å². The average Bonchev–Trinajstić information content (AvgIpc) is 2.86. The lowest BCUT2D eigenvalue weighted by Crippen LogP contribution is -2.48. The minimum atomic E-state index is -1.22. The Balaban J connectivity index is 1.69. The molecule has 0 amide bonds. The molecular weight excluding hydrogens is 456 g/mol. The fraction of sp³-hybridized carbons (Fsp3) is 0.231. The molecule has 0 aliphatic carbocycles. The van der Waals surface area contributed by atoms with Crippen LogP contribution in [0.4, 0.5) is 0 Å². The Morgan fingerprint density at radius 3 is 2.43 bits per heavy atom. The predicted molar refractivity (Wildman–Crippen MR) is 123 cm³/mol. The average molecular weight is 480 g/mol. The van der Waals surface area contributed by atoms with Crippen molar-refractivity contribution in [3.63, 3.8) is 0 Å². The maximum atomic E-state index is 12.4. The summed E-state index contributed by atoms with van der Waals surface area (Å²) in [5.41, 5.74) is 1.02. The van der Waals surface area contributed by atoms with Crippen molar-refractivity contribution in [2.45, 2.75) is 25.2 Å². The third-order valence-corrected chi connectivity index (χ3v) is 4.85. The van der Waals surface area contributed by atoms with E-state index in [1.807, 2.05) is 0 Å². The molecule has 0 radical (unpaired) electrons. The first-order valence-electron chi connectivity index (χ1n) is 10.7. The van der Waals surface area contributed by atoms with E-state index in [0.717, 1.165) is 18.6 Å². The molecule has 3 atom stereocenters. The molecule has 1 aliphatic rings. The number of methoxy groups -OCH3 is 1. The summed E-state index contributed by atoms with van der Waals surface area (Å²) in [4.78, 5) is 48.3. The van der Waals surface area contributed by atoms with Crippen LogP contribution in [0, 0.1) is 0 Å². The molecule has 1 aliphatic heterocycles. The Labute approximate surface area is 201 Å². The van der Waals surface area contributed by atoms with Crippen molar-refractivity contribution in [2.24, 2.45) is 0 Å². The van der Waals surface area contributed by atoms with E-state index in [0.29, 0.717) is 11.3 Å². The molecule has 0 bridgehead atoms. The van der Waals surface area contributed by atoms with Gasteiger partial charge in [-0.2, -0.15) is 0 Å². The highest BCUT2D eigenvalue weighted by molar-refractivity contribution is 5.89. The van der Waals surface area contributed by atoms with Gasteiger partial charge in [0.1, 0.15) is 12.4 Å². The second-order valence-corrected chi connectivity index (χ2v) is 7.38. The highest BCUT2D eigenvalue weighted by Gasteiger charge is 2.39. The highest BCUT2D eigenvalue weighted by atomic mass is 16.6. The van der Waals surface area contributed by atoms with E-state index in [2.05, 4.69) is 0 Å². The molecule has 3 rings (SSSR count). The van der Waals surface area contributed by atoms with Gasteiger partial charge in [0.05, 0.1) is 12.7 Å². The monoisotopic (exact) mass is 480 g/mol. The molecule has 182 valence electrons. The quantitative estimate of drug-likeness (QED) is 0.304. The van der Waals surface area contributed by atoms with Gasteiger partial charge in [-0.3, -0.25) is 4.79 Å². The van der Waals surface area contributed by atoms with Gasteiger partial charge in [-0.1, -0.05) is 30.3 Å². The lowest BCUT2D eigenvalue weighted by atomic mass is 10.1. The number of ether oxygens (including phenoxy) is 5. The zero-order valence-electron chi connectivity index (χ0n) is 19.1. The number of hydrogen-bond acceptors (Lipinski definition) is 9. The zero-order chi connectivity index (χ0) is 25.2. The minimum Gasteiger partial charge on any atom is -0.497 e. The van der Waals surface area contributed by atoms with Gasteiger partial charge in [0, 0.05) is 19.1 Å². The molecule has 2 aromatic rings. The topological polar surface area (TPSA) is 114 Å². The lowest BCUT2D eigenvalue weighted by molar-refractivity contribution is -0.181. The molecule has 0 fully saturated rings. The van der Waals surface area contributed by atoms with E-state index >= 15 is 0 Å². The zero-order valence-corrected chi connectivity index (χ0v) is 19.1. The first-order valence-corrected chi connectivity index (χ1v) is 10.7. The first-order chi connectivity index (χ1) is 16.9. The Morgan fingerprint density at radius 2 is 1.77 bits per heavy atom. The molecule has 1 heterocycles. The summed E-state index contributed by atoms with van der Waals surface area (Å²) in [6.07, 6.45) is 1.66. The van der Waals surface area contributed by atoms with Crippen LogP contribution in [0.2, 0.25) is 0 Å². The molecule has 0 saturated heterocycles. The standard InChI is InChI=1S/C26H24O9/c1-17(27)33-22(16-32-26(30)19-6-4-3-5-7-19)25-21(13-15-24(29)35-25)34-23(28)14-10-18-8-11-20(31-2)12-9-18/h3-15,21-22,25H,16H2,1-2H3/b14-10+/t21-,22-,25+/m1/s1. The van der Waals surface area contributed by atoms with E-state index in [9.17, 15) is 19.2 Å². The van der Waals surface area contributed by atoms with Crippen molar-refractivity contribution in [1.82, 2.24) is 0 Å². The summed E-state index contributed by atoms with van der Waals surface area (Å²) in [7, 11) is 1.55. The summed E-state index contributed by atoms with van der Waals surface area (Å²) < 4.78 is 26.3. The Kier molecular flexibility index (Phi) is 8.77. The number of rotatable bonds is 9. The molecule has 2 aromatic carbocycles. The number of cyclic esters (lactones) is 1. The molecule has 9 heteroatoms. The van der Waals surface area contributed by atoms with Gasteiger partial charge >= 0.3 is 23.9 Å². The van der Waals surface area contributed by atoms with Crippen molar-refractivity contribution in [1.29, 1.82) is 0 Å². The Bertz CT molecular complexity index is 1100. The minimum absolute atomic E-state index is 0.293. The second kappa shape index (κ2) is 12.2. The number of carbonyl (C=O) groups is 4. The van der Waals surface area contributed by atoms with Crippen LogP contribution in [-0.2, 0) is 33.3 Å². The first kappa shape index (κ1) is 25.2. The molecule has 35 heavy (non-hydrogen) atoms. The van der Waals surface area contributed by atoms with Gasteiger partial charge in [-0.05, 0) is 42.0 Å². The van der Waals surface area contributed by atoms with Crippen LogP contribution in [0.15, 0.2) is 72.8 Å². The molecule has 9 nitrogen and oxygen atoms in total. The Hall–Kier alpha value is -4.40. The van der Waals surface area contributed by atoms with Gasteiger partial charge in [0.2, 0.25) is 0 Å². The number of benzene rings is 2. The summed E-state index contributed by atoms with van der Waals surface area (Å²) >= 11 is 0. The van der Waals surface area contributed by atoms with Crippen LogP contribution in [0.25, 0.3) is 6.08 Å². The smallest absolute Gasteiger partial charge is 0.338 e. The van der Waals surface area contributed by atoms with Crippen LogP contribution in [0.5, 0.6) is 5.75 Å². The van der Waals surface area contributed by atoms with Crippen molar-refractivity contribution >= 4 is 30.0 Å². The van der Waals surface area contributed by atoms with E-state index in [1.54, 1.807) is 67.8 Å². The van der Waals surface area contributed by atoms with E-state index in [-0.39, 0.29) is 0 Å². The van der Waals surface area contributed by atoms with Gasteiger partial charge in [-0.15, -0.1) is 0 Å². The number of esters is 4. The van der Waals surface area contributed by atoms with Gasteiger partial charge in [0.25, 0.3) is 0 Å². The second-order valence-electron chi connectivity index (χ2n) is 7.38. The maximum Gasteiger partial charge on any atom is 0.338 e. The van der Waals surface area contributed by atoms with Crippen LogP contribution in [0.1, 0.15) is 22.8 Å². The van der Waals surface area contributed by atoms with E-state index < -0.39 is 48.8 Å². The Morgan fingerprint density at radius 1 is 1.06 bits per heavy atom. The fourth-order valence-corrected chi connectivity index (χ4v) is 3.19. The summed E-state index contributed by atoms with van der Waals surface area (Å²) in [5.74, 6) is -2.12. The molecule has 0 aromatic heterocycles. The molecule has 0 saturated carbocycles. The maximum absolute atomic E-state index is 12.4. The van der Waals surface area contributed by atoms with Crippen LogP contribution < -0.4 is 4.74 Å². The largest absolute Gasteiger partial charge is 0.497 e. The van der Waals surface area contributed by atoms with Gasteiger partial charge in [-0.25, -0.2) is 14.4 Å². The van der Waals surface area contributed by atoms with Gasteiger partial charge in [0.15, 0.2) is 18.3 Å². The lowest BCUT2D eigenvalue weighted by Gasteiger charge is -2.32. The summed E-state index contributed by atoms with van der Waals surface area (Å²) in [6.45, 7) is 0.736. The number of hydrogen-bond donors (Lipinski definition) is 0. The van der Waals surface area contributed by atoms with Crippen molar-refractivity contribution in [2.75, 3.05) is 13.7 Å². The predicted octanol–water partition coefficient (Wildman–Crippen LogP) is 2.89. The van der Waals surface area contributed by atoms with Gasteiger partial charge < -0.3 is 23.7 Å². The SMILES string of the molecule is COc1ccc(/C=C/C(=O)O[C@@H]2C=CC(=O)O[C@@H]2[C@@H](COC(=O)c2ccccc2)OC(C)=O)cc1. The van der Waals surface area contributed by atoms with Crippen LogP contribution in [0.3, 0.4) is 0 Å². The van der Waals surface area contributed by atoms with Crippen molar-refractivity contribution in [3.05, 3.63) is 84.0 Å². The third-order valence-electron chi connectivity index (χ3n) is 4.85. The normalized spacial score (nSPS) is 17.8. The molecule has 0 unspecified atom stereocenters. The van der Waals surface area contributed by atoms with Crippen LogP contribution >= 0.6 is 0 Å². The molecular formula is C26H24O9. The summed E-state index contributed by atoms with van der Waals surface area (Å²) in [5, 5.41) is 0. The molecule has 0 spiro atoms.